The third-order valence-electron chi connectivity index (χ3n) is 3.78. The van der Waals surface area contributed by atoms with Gasteiger partial charge in [0.25, 0.3) is 0 Å². The molecule has 0 radical (unpaired) electrons. The number of rotatable bonds is 7. The van der Waals surface area contributed by atoms with Crippen LogP contribution in [0.25, 0.3) is 0 Å². The maximum atomic E-state index is 10.3. The molecule has 0 spiro atoms. The van der Waals surface area contributed by atoms with E-state index in [0.29, 0.717) is 11.2 Å². The van der Waals surface area contributed by atoms with Gasteiger partial charge in [0.1, 0.15) is 0 Å². The summed E-state index contributed by atoms with van der Waals surface area (Å²) in [6, 6.07) is -0.198. The number of thioether (sulfide) groups is 1. The minimum atomic E-state index is -0.593. The van der Waals surface area contributed by atoms with Gasteiger partial charge in [0, 0.05) is 6.04 Å². The van der Waals surface area contributed by atoms with E-state index in [2.05, 4.69) is 13.8 Å². The van der Waals surface area contributed by atoms with E-state index in [1.807, 2.05) is 0 Å². The van der Waals surface area contributed by atoms with Crippen molar-refractivity contribution in [3.8, 4) is 0 Å². The zero-order valence-corrected chi connectivity index (χ0v) is 12.5. The van der Waals surface area contributed by atoms with Crippen LogP contribution in [0.1, 0.15) is 52.4 Å². The van der Waals surface area contributed by atoms with Gasteiger partial charge in [0.15, 0.2) is 0 Å². The van der Waals surface area contributed by atoms with Gasteiger partial charge in [-0.25, -0.2) is 0 Å². The number of aliphatic hydroxyl groups excluding tert-OH is 2. The van der Waals surface area contributed by atoms with Crippen LogP contribution in [0.3, 0.4) is 0 Å². The highest BCUT2D eigenvalue weighted by molar-refractivity contribution is 8.00. The predicted molar refractivity (Wildman–Crippen MR) is 78.8 cm³/mol. The van der Waals surface area contributed by atoms with Crippen LogP contribution >= 0.6 is 11.8 Å². The monoisotopic (exact) mass is 275 g/mol. The lowest BCUT2D eigenvalue weighted by Gasteiger charge is -2.31. The highest BCUT2D eigenvalue weighted by Crippen LogP contribution is 2.29. The molecule has 18 heavy (non-hydrogen) atoms. The zero-order chi connectivity index (χ0) is 13.5. The summed E-state index contributed by atoms with van der Waals surface area (Å²) in [4.78, 5) is 0. The maximum absolute atomic E-state index is 10.3. The molecule has 1 aliphatic carbocycles. The summed E-state index contributed by atoms with van der Waals surface area (Å²) >= 11 is 1.62. The van der Waals surface area contributed by atoms with Gasteiger partial charge in [-0.3, -0.25) is 0 Å². The second-order valence-electron chi connectivity index (χ2n) is 5.80. The summed E-state index contributed by atoms with van der Waals surface area (Å²) in [5, 5.41) is 19.9. The van der Waals surface area contributed by atoms with E-state index in [1.165, 1.54) is 32.1 Å². The molecule has 0 heterocycles. The van der Waals surface area contributed by atoms with Gasteiger partial charge in [-0.1, -0.05) is 46.0 Å². The molecule has 0 saturated heterocycles. The molecular formula is C14H29NO2S. The van der Waals surface area contributed by atoms with Crippen molar-refractivity contribution in [3.05, 3.63) is 0 Å². The molecule has 0 amide bonds. The van der Waals surface area contributed by atoms with Crippen molar-refractivity contribution in [2.75, 3.05) is 6.61 Å². The van der Waals surface area contributed by atoms with Gasteiger partial charge < -0.3 is 15.9 Å². The van der Waals surface area contributed by atoms with Gasteiger partial charge in [0.05, 0.1) is 18.0 Å². The molecule has 1 aliphatic rings. The van der Waals surface area contributed by atoms with E-state index < -0.39 is 6.10 Å². The quantitative estimate of drug-likeness (QED) is 0.666. The summed E-state index contributed by atoms with van der Waals surface area (Å²) in [5.41, 5.74) is 6.13. The Balaban J connectivity index is 2.39. The Morgan fingerprint density at radius 2 is 1.83 bits per heavy atom. The Labute approximate surface area is 116 Å². The molecule has 1 fully saturated rings. The molecule has 1 saturated carbocycles. The lowest BCUT2D eigenvalue weighted by molar-refractivity contribution is 0.103. The third-order valence-corrected chi connectivity index (χ3v) is 5.10. The molecule has 1 rings (SSSR count). The van der Waals surface area contributed by atoms with Crippen LogP contribution in [0.15, 0.2) is 0 Å². The summed E-state index contributed by atoms with van der Waals surface area (Å²) in [6.45, 7) is 4.15. The molecule has 4 N–H and O–H groups in total. The van der Waals surface area contributed by atoms with Crippen molar-refractivity contribution < 1.29 is 10.2 Å². The van der Waals surface area contributed by atoms with Gasteiger partial charge in [-0.2, -0.15) is 11.8 Å². The average Bonchev–Trinajstić information content (AvgIpc) is 2.36. The molecule has 0 aromatic rings. The zero-order valence-electron chi connectivity index (χ0n) is 11.7. The van der Waals surface area contributed by atoms with Crippen molar-refractivity contribution in [3.63, 3.8) is 0 Å². The molecule has 0 unspecified atom stereocenters. The Kier molecular flexibility index (Phi) is 7.61. The van der Waals surface area contributed by atoms with Crippen molar-refractivity contribution in [1.82, 2.24) is 0 Å². The van der Waals surface area contributed by atoms with Crippen molar-refractivity contribution in [2.45, 2.75) is 75.0 Å². The topological polar surface area (TPSA) is 66.5 Å². The predicted octanol–water partition coefficient (Wildman–Crippen LogP) is 2.15. The molecule has 0 bridgehead atoms. The van der Waals surface area contributed by atoms with Crippen LogP contribution < -0.4 is 5.73 Å². The molecule has 0 aromatic heterocycles. The fourth-order valence-corrected chi connectivity index (χ4v) is 3.95. The normalized spacial score (nSPS) is 23.0. The SMILES string of the molecule is CC(C)S[C@H](CO)[C@@H](O)[C@@H](N)CC1CCCCC1. The summed E-state index contributed by atoms with van der Waals surface area (Å²) < 4.78 is 0. The lowest BCUT2D eigenvalue weighted by atomic mass is 9.83. The van der Waals surface area contributed by atoms with E-state index in [-0.39, 0.29) is 17.9 Å². The minimum Gasteiger partial charge on any atom is -0.395 e. The molecule has 3 nitrogen and oxygen atoms in total. The largest absolute Gasteiger partial charge is 0.395 e. The Hall–Kier alpha value is 0.230. The summed E-state index contributed by atoms with van der Waals surface area (Å²) in [7, 11) is 0. The summed E-state index contributed by atoms with van der Waals surface area (Å²) in [5.74, 6) is 0.673. The van der Waals surface area contributed by atoms with Crippen LogP contribution in [0.2, 0.25) is 0 Å². The average molecular weight is 275 g/mol. The van der Waals surface area contributed by atoms with E-state index in [4.69, 9.17) is 5.73 Å². The molecule has 4 heteroatoms. The molecular weight excluding hydrogens is 246 g/mol. The van der Waals surface area contributed by atoms with E-state index in [0.717, 1.165) is 6.42 Å². The smallest absolute Gasteiger partial charge is 0.0831 e. The fraction of sp³-hybridized carbons (Fsp3) is 1.00. The van der Waals surface area contributed by atoms with E-state index in [9.17, 15) is 10.2 Å². The van der Waals surface area contributed by atoms with Gasteiger partial charge in [0.2, 0.25) is 0 Å². The first-order chi connectivity index (χ1) is 8.54. The van der Waals surface area contributed by atoms with Crippen molar-refractivity contribution in [1.29, 1.82) is 0 Å². The highest BCUT2D eigenvalue weighted by Gasteiger charge is 2.28. The van der Waals surface area contributed by atoms with Crippen LogP contribution in [0.5, 0.6) is 0 Å². The Morgan fingerprint density at radius 3 is 2.33 bits per heavy atom. The lowest BCUT2D eigenvalue weighted by Crippen LogP contribution is -2.44. The standard InChI is InChI=1S/C14H29NO2S/c1-10(2)18-13(9-16)14(17)12(15)8-11-6-4-3-5-7-11/h10-14,16-17H,3-9,15H2,1-2H3/t12-,13+,14-/m0/s1. The summed E-state index contributed by atoms with van der Waals surface area (Å²) in [6.07, 6.45) is 6.76. The Bertz CT molecular complexity index is 220. The van der Waals surface area contributed by atoms with E-state index >= 15 is 0 Å². The molecule has 0 aliphatic heterocycles. The number of nitrogens with two attached hydrogens (primary N) is 1. The first-order valence-electron chi connectivity index (χ1n) is 7.24. The minimum absolute atomic E-state index is 0.00236. The van der Waals surface area contributed by atoms with Crippen LogP contribution in [-0.4, -0.2) is 39.5 Å². The number of hydrogen-bond donors (Lipinski definition) is 3. The van der Waals surface area contributed by atoms with Gasteiger partial charge in [-0.15, -0.1) is 0 Å². The van der Waals surface area contributed by atoms with Crippen LogP contribution in [0, 0.1) is 5.92 Å². The first-order valence-corrected chi connectivity index (χ1v) is 8.18. The molecule has 108 valence electrons. The van der Waals surface area contributed by atoms with E-state index in [1.54, 1.807) is 11.8 Å². The Morgan fingerprint density at radius 1 is 1.22 bits per heavy atom. The second-order valence-corrected chi connectivity index (χ2v) is 7.62. The first kappa shape index (κ1) is 16.3. The number of aliphatic hydroxyl groups is 2. The van der Waals surface area contributed by atoms with Gasteiger partial charge in [-0.05, 0) is 17.6 Å². The highest BCUT2D eigenvalue weighted by atomic mass is 32.2. The van der Waals surface area contributed by atoms with Gasteiger partial charge >= 0.3 is 0 Å². The van der Waals surface area contributed by atoms with Crippen molar-refractivity contribution in [2.24, 2.45) is 11.7 Å². The fourth-order valence-electron chi connectivity index (χ4n) is 2.80. The third kappa shape index (κ3) is 5.47. The maximum Gasteiger partial charge on any atom is 0.0831 e. The van der Waals surface area contributed by atoms with Crippen LogP contribution in [-0.2, 0) is 0 Å². The second kappa shape index (κ2) is 8.41. The van der Waals surface area contributed by atoms with Crippen molar-refractivity contribution >= 4 is 11.8 Å². The molecule has 3 atom stereocenters. The van der Waals surface area contributed by atoms with Crippen LogP contribution in [0.4, 0.5) is 0 Å². The molecule has 0 aromatic carbocycles. The number of hydrogen-bond acceptors (Lipinski definition) is 4.